The molecule has 7 heteroatoms. The molecule has 3 heterocycles. The number of Topliss-reactive ketones (excluding diaryl/α,β-unsaturated/α-hetero) is 1. The Morgan fingerprint density at radius 1 is 1.03 bits per heavy atom. The molecular formula is C29H36N6O. The summed E-state index contributed by atoms with van der Waals surface area (Å²) < 4.78 is 0. The molecule has 0 fully saturated rings. The van der Waals surface area contributed by atoms with Crippen molar-refractivity contribution in [2.75, 3.05) is 13.1 Å². The third-order valence-corrected chi connectivity index (χ3v) is 6.40. The fraction of sp³-hybridized carbons (Fsp3) is 0.379. The van der Waals surface area contributed by atoms with Crippen LogP contribution in [0.15, 0.2) is 72.3 Å². The number of aromatic amines is 1. The Kier molecular flexibility index (Phi) is 9.70. The zero-order valence-corrected chi connectivity index (χ0v) is 21.1. The monoisotopic (exact) mass is 484 g/mol. The fourth-order valence-corrected chi connectivity index (χ4v) is 4.35. The summed E-state index contributed by atoms with van der Waals surface area (Å²) in [5.41, 5.74) is 5.45. The maximum atomic E-state index is 12.7. The Balaban J connectivity index is 1.17. The molecule has 1 aliphatic rings. The first-order chi connectivity index (χ1) is 17.7. The van der Waals surface area contributed by atoms with Crippen LogP contribution in [0.1, 0.15) is 65.1 Å². The van der Waals surface area contributed by atoms with Gasteiger partial charge in [0.2, 0.25) is 0 Å². The van der Waals surface area contributed by atoms with Gasteiger partial charge in [-0.15, -0.1) is 0 Å². The van der Waals surface area contributed by atoms with Crippen LogP contribution in [0, 0.1) is 6.92 Å². The number of carbonyl (C=O) groups excluding carboxylic acids is 1. The number of aliphatic imine (C=N–C) groups is 1. The van der Waals surface area contributed by atoms with Gasteiger partial charge >= 0.3 is 0 Å². The van der Waals surface area contributed by atoms with Crippen LogP contribution in [0.3, 0.4) is 0 Å². The molecule has 0 aliphatic carbocycles. The van der Waals surface area contributed by atoms with Crippen molar-refractivity contribution in [1.82, 2.24) is 25.2 Å². The Bertz CT molecular complexity index is 1150. The smallest absolute Gasteiger partial charge is 0.162 e. The zero-order valence-electron chi connectivity index (χ0n) is 21.1. The summed E-state index contributed by atoms with van der Waals surface area (Å²) in [6.45, 7) is 6.12. The average molecular weight is 485 g/mol. The highest BCUT2D eigenvalue weighted by atomic mass is 16.1. The number of hydrogen-bond donors (Lipinski definition) is 2. The van der Waals surface area contributed by atoms with E-state index in [2.05, 4.69) is 61.4 Å². The lowest BCUT2D eigenvalue weighted by Crippen LogP contribution is -2.29. The number of ketones is 1. The van der Waals surface area contributed by atoms with E-state index in [0.29, 0.717) is 6.42 Å². The standard InChI is InChI=1S/C29H36N6O/c1-23-7-5-16-32-27(23)19-30-14-4-2-3-9-28(36)25-12-10-24(11-13-25)20-35(21-26-8-6-15-31-26)22-29-33-17-18-34-29/h5-7,10-13,15-18,30H,2-4,8-9,14,19-22H2,1H3,(H,33,34). The van der Waals surface area contributed by atoms with Crippen LogP contribution in [0.25, 0.3) is 0 Å². The molecule has 0 saturated carbocycles. The van der Waals surface area contributed by atoms with E-state index < -0.39 is 0 Å². The van der Waals surface area contributed by atoms with Gasteiger partial charge in [0.15, 0.2) is 5.78 Å². The van der Waals surface area contributed by atoms with E-state index in [-0.39, 0.29) is 5.78 Å². The number of aryl methyl sites for hydroxylation is 1. The van der Waals surface area contributed by atoms with Gasteiger partial charge in [0, 0.05) is 68.5 Å². The van der Waals surface area contributed by atoms with E-state index in [1.165, 1.54) is 11.1 Å². The van der Waals surface area contributed by atoms with Crippen molar-refractivity contribution in [3.05, 3.63) is 95.5 Å². The molecule has 0 bridgehead atoms. The SMILES string of the molecule is Cc1cccnc1CNCCCCCC(=O)c1ccc(CN(CC2=NC=CC2)Cc2ncc[nH]2)cc1. The van der Waals surface area contributed by atoms with E-state index in [1.807, 2.05) is 36.8 Å². The van der Waals surface area contributed by atoms with Crippen LogP contribution in [-0.4, -0.2) is 44.4 Å². The molecule has 36 heavy (non-hydrogen) atoms. The number of carbonyl (C=O) groups is 1. The molecule has 188 valence electrons. The van der Waals surface area contributed by atoms with Crippen LogP contribution < -0.4 is 5.32 Å². The third kappa shape index (κ3) is 8.07. The van der Waals surface area contributed by atoms with Gasteiger partial charge in [-0.2, -0.15) is 0 Å². The van der Waals surface area contributed by atoms with Crippen molar-refractivity contribution in [2.45, 2.75) is 58.7 Å². The topological polar surface area (TPSA) is 86.3 Å². The molecule has 3 aromatic rings. The summed E-state index contributed by atoms with van der Waals surface area (Å²) >= 11 is 0. The second-order valence-electron chi connectivity index (χ2n) is 9.34. The van der Waals surface area contributed by atoms with Gasteiger partial charge in [-0.25, -0.2) is 4.98 Å². The van der Waals surface area contributed by atoms with Gasteiger partial charge in [-0.1, -0.05) is 42.8 Å². The molecule has 0 amide bonds. The number of nitrogens with one attached hydrogen (secondary N) is 2. The van der Waals surface area contributed by atoms with Crippen molar-refractivity contribution >= 4 is 11.5 Å². The Morgan fingerprint density at radius 3 is 2.67 bits per heavy atom. The van der Waals surface area contributed by atoms with Crippen molar-refractivity contribution in [3.63, 3.8) is 0 Å². The van der Waals surface area contributed by atoms with Gasteiger partial charge in [-0.05, 0) is 43.5 Å². The average Bonchev–Trinajstić information content (AvgIpc) is 3.59. The molecule has 4 rings (SSSR count). The highest BCUT2D eigenvalue weighted by molar-refractivity contribution is 5.96. The summed E-state index contributed by atoms with van der Waals surface area (Å²) in [5.74, 6) is 1.16. The van der Waals surface area contributed by atoms with Crippen LogP contribution in [0.4, 0.5) is 0 Å². The molecule has 0 atom stereocenters. The zero-order chi connectivity index (χ0) is 25.0. The minimum Gasteiger partial charge on any atom is -0.348 e. The number of pyridine rings is 1. The van der Waals surface area contributed by atoms with E-state index >= 15 is 0 Å². The number of unbranched alkanes of at least 4 members (excludes halogenated alkanes) is 2. The molecule has 2 aromatic heterocycles. The van der Waals surface area contributed by atoms with Crippen molar-refractivity contribution in [1.29, 1.82) is 0 Å². The number of imidazole rings is 1. The molecule has 7 nitrogen and oxygen atoms in total. The van der Waals surface area contributed by atoms with Crippen molar-refractivity contribution < 1.29 is 4.79 Å². The molecule has 0 saturated heterocycles. The van der Waals surface area contributed by atoms with E-state index in [4.69, 9.17) is 0 Å². The number of allylic oxidation sites excluding steroid dienone is 1. The molecule has 2 N–H and O–H groups in total. The first-order valence-corrected chi connectivity index (χ1v) is 12.8. The highest BCUT2D eigenvalue weighted by Gasteiger charge is 2.14. The number of hydrogen-bond acceptors (Lipinski definition) is 6. The Morgan fingerprint density at radius 2 is 1.92 bits per heavy atom. The molecule has 0 unspecified atom stereocenters. The Labute approximate surface area is 213 Å². The molecule has 1 aromatic carbocycles. The largest absolute Gasteiger partial charge is 0.348 e. The summed E-state index contributed by atoms with van der Waals surface area (Å²) in [7, 11) is 0. The lowest BCUT2D eigenvalue weighted by molar-refractivity contribution is 0.0979. The lowest BCUT2D eigenvalue weighted by atomic mass is 10.0. The van der Waals surface area contributed by atoms with Crippen LogP contribution in [-0.2, 0) is 19.6 Å². The number of nitrogens with zero attached hydrogens (tertiary/aromatic N) is 4. The van der Waals surface area contributed by atoms with Crippen molar-refractivity contribution in [2.24, 2.45) is 4.99 Å². The van der Waals surface area contributed by atoms with Crippen molar-refractivity contribution in [3.8, 4) is 0 Å². The number of rotatable bonds is 15. The van der Waals surface area contributed by atoms with Gasteiger partial charge in [0.05, 0.1) is 12.2 Å². The summed E-state index contributed by atoms with van der Waals surface area (Å²) in [6, 6.07) is 12.1. The molecular weight excluding hydrogens is 448 g/mol. The molecule has 1 aliphatic heterocycles. The molecule has 0 spiro atoms. The van der Waals surface area contributed by atoms with Crippen LogP contribution in [0.5, 0.6) is 0 Å². The van der Waals surface area contributed by atoms with Gasteiger partial charge in [-0.3, -0.25) is 19.7 Å². The van der Waals surface area contributed by atoms with E-state index in [0.717, 1.165) is 81.2 Å². The second kappa shape index (κ2) is 13.6. The minimum absolute atomic E-state index is 0.220. The summed E-state index contributed by atoms with van der Waals surface area (Å²) in [5, 5.41) is 3.45. The maximum Gasteiger partial charge on any atom is 0.162 e. The quantitative estimate of drug-likeness (QED) is 0.234. The number of H-pyrrole nitrogens is 1. The summed E-state index contributed by atoms with van der Waals surface area (Å²) in [4.78, 5) is 31.4. The summed E-state index contributed by atoms with van der Waals surface area (Å²) in [6.07, 6.45) is 13.9. The fourth-order valence-electron chi connectivity index (χ4n) is 4.35. The number of aromatic nitrogens is 3. The van der Waals surface area contributed by atoms with E-state index in [1.54, 1.807) is 6.20 Å². The first-order valence-electron chi connectivity index (χ1n) is 12.8. The van der Waals surface area contributed by atoms with Crippen LogP contribution >= 0.6 is 0 Å². The normalized spacial score (nSPS) is 12.9. The minimum atomic E-state index is 0.220. The molecule has 0 radical (unpaired) electrons. The van der Waals surface area contributed by atoms with E-state index in [9.17, 15) is 4.79 Å². The predicted octanol–water partition coefficient (Wildman–Crippen LogP) is 5.01. The Hall–Kier alpha value is -3.42. The first kappa shape index (κ1) is 25.7. The lowest BCUT2D eigenvalue weighted by Gasteiger charge is -2.21. The second-order valence-corrected chi connectivity index (χ2v) is 9.34. The maximum absolute atomic E-state index is 12.7. The highest BCUT2D eigenvalue weighted by Crippen LogP contribution is 2.14. The van der Waals surface area contributed by atoms with Gasteiger partial charge in [0.25, 0.3) is 0 Å². The van der Waals surface area contributed by atoms with Gasteiger partial charge < -0.3 is 10.3 Å². The van der Waals surface area contributed by atoms with Crippen LogP contribution in [0.2, 0.25) is 0 Å². The van der Waals surface area contributed by atoms with Gasteiger partial charge in [0.1, 0.15) is 5.82 Å². The predicted molar refractivity (Wildman–Crippen MR) is 144 cm³/mol. The third-order valence-electron chi connectivity index (χ3n) is 6.40. The number of benzene rings is 1.